The van der Waals surface area contributed by atoms with Gasteiger partial charge in [-0.2, -0.15) is 0 Å². The Hall–Kier alpha value is -3.60. The van der Waals surface area contributed by atoms with E-state index < -0.39 is 0 Å². The van der Waals surface area contributed by atoms with Crippen LogP contribution in [0.5, 0.6) is 11.5 Å². The molecular weight excluding hydrogens is 364 g/mol. The van der Waals surface area contributed by atoms with Crippen molar-refractivity contribution in [2.75, 3.05) is 16.8 Å². The highest BCUT2D eigenvalue weighted by atomic mass is 16.5. The highest BCUT2D eigenvalue weighted by Crippen LogP contribution is 2.30. The van der Waals surface area contributed by atoms with Gasteiger partial charge in [-0.1, -0.05) is 30.3 Å². The van der Waals surface area contributed by atoms with Crippen molar-refractivity contribution in [3.05, 3.63) is 83.9 Å². The minimum atomic E-state index is -0.251. The SMILES string of the molecule is Cc1cccc(Oc2ccccc2NC(=O)c2cccc(N3CCCC3=O)c2)c1. The molecular formula is C24H22N2O3. The van der Waals surface area contributed by atoms with E-state index in [0.717, 1.165) is 17.7 Å². The number of hydrogen-bond acceptors (Lipinski definition) is 3. The summed E-state index contributed by atoms with van der Waals surface area (Å²) in [6.45, 7) is 2.69. The Bertz CT molecular complexity index is 1060. The third-order valence-corrected chi connectivity index (χ3v) is 4.85. The number of aryl methyl sites for hydroxylation is 1. The lowest BCUT2D eigenvalue weighted by atomic mass is 10.1. The quantitative estimate of drug-likeness (QED) is 0.658. The molecule has 29 heavy (non-hydrogen) atoms. The molecule has 3 aromatic rings. The maximum Gasteiger partial charge on any atom is 0.255 e. The number of para-hydroxylation sites is 2. The van der Waals surface area contributed by atoms with E-state index in [0.29, 0.717) is 35.7 Å². The number of amides is 2. The number of benzene rings is 3. The summed E-state index contributed by atoms with van der Waals surface area (Å²) in [5.74, 6) is 1.12. The molecule has 0 atom stereocenters. The van der Waals surface area contributed by atoms with Crippen molar-refractivity contribution >= 4 is 23.2 Å². The van der Waals surface area contributed by atoms with Crippen molar-refractivity contribution in [3.63, 3.8) is 0 Å². The highest BCUT2D eigenvalue weighted by molar-refractivity contribution is 6.06. The first-order valence-corrected chi connectivity index (χ1v) is 9.65. The van der Waals surface area contributed by atoms with Gasteiger partial charge >= 0.3 is 0 Å². The predicted molar refractivity (Wildman–Crippen MR) is 114 cm³/mol. The van der Waals surface area contributed by atoms with E-state index in [-0.39, 0.29) is 11.8 Å². The first-order chi connectivity index (χ1) is 14.1. The molecule has 5 heteroatoms. The number of rotatable bonds is 5. The molecule has 0 bridgehead atoms. The normalized spacial score (nSPS) is 13.4. The van der Waals surface area contributed by atoms with Crippen LogP contribution in [0.2, 0.25) is 0 Å². The van der Waals surface area contributed by atoms with E-state index >= 15 is 0 Å². The van der Waals surface area contributed by atoms with Gasteiger partial charge in [-0.25, -0.2) is 0 Å². The van der Waals surface area contributed by atoms with Crippen molar-refractivity contribution in [2.24, 2.45) is 0 Å². The lowest BCUT2D eigenvalue weighted by Crippen LogP contribution is -2.24. The summed E-state index contributed by atoms with van der Waals surface area (Å²) in [4.78, 5) is 26.6. The van der Waals surface area contributed by atoms with Crippen LogP contribution in [0.1, 0.15) is 28.8 Å². The molecule has 3 aromatic carbocycles. The van der Waals surface area contributed by atoms with Crippen molar-refractivity contribution in [3.8, 4) is 11.5 Å². The van der Waals surface area contributed by atoms with E-state index in [1.807, 2.05) is 55.5 Å². The monoisotopic (exact) mass is 386 g/mol. The number of carbonyl (C=O) groups excluding carboxylic acids is 2. The summed E-state index contributed by atoms with van der Waals surface area (Å²) in [5.41, 5.74) is 2.93. The Balaban J connectivity index is 1.54. The first kappa shape index (κ1) is 18.7. The maximum atomic E-state index is 12.9. The number of nitrogens with one attached hydrogen (secondary N) is 1. The van der Waals surface area contributed by atoms with Gasteiger partial charge in [0.25, 0.3) is 5.91 Å². The second kappa shape index (κ2) is 8.19. The van der Waals surface area contributed by atoms with Gasteiger partial charge in [-0.3, -0.25) is 9.59 Å². The Morgan fingerprint density at radius 2 is 1.83 bits per heavy atom. The lowest BCUT2D eigenvalue weighted by Gasteiger charge is -2.17. The topological polar surface area (TPSA) is 58.6 Å². The molecule has 0 aliphatic carbocycles. The molecule has 1 fully saturated rings. The van der Waals surface area contributed by atoms with Crippen molar-refractivity contribution in [1.29, 1.82) is 0 Å². The summed E-state index contributed by atoms with van der Waals surface area (Å²) in [7, 11) is 0. The van der Waals surface area contributed by atoms with Crippen LogP contribution < -0.4 is 15.0 Å². The van der Waals surface area contributed by atoms with E-state index in [2.05, 4.69) is 5.32 Å². The molecule has 1 heterocycles. The van der Waals surface area contributed by atoms with Crippen LogP contribution in [0, 0.1) is 6.92 Å². The van der Waals surface area contributed by atoms with Crippen molar-refractivity contribution < 1.29 is 14.3 Å². The van der Waals surface area contributed by atoms with Crippen LogP contribution in [0.25, 0.3) is 0 Å². The standard InChI is InChI=1S/C24H22N2O3/c1-17-7-4-10-20(15-17)29-22-12-3-2-11-21(22)25-24(28)18-8-5-9-19(16-18)26-14-6-13-23(26)27/h2-5,7-12,15-16H,6,13-14H2,1H3,(H,25,28). The Kier molecular flexibility index (Phi) is 5.29. The van der Waals surface area contributed by atoms with Gasteiger partial charge in [0.15, 0.2) is 5.75 Å². The number of hydrogen-bond donors (Lipinski definition) is 1. The Morgan fingerprint density at radius 3 is 2.62 bits per heavy atom. The molecule has 1 aliphatic rings. The minimum absolute atomic E-state index is 0.0967. The molecule has 0 radical (unpaired) electrons. The Labute approximate surface area is 169 Å². The third-order valence-electron chi connectivity index (χ3n) is 4.85. The number of ether oxygens (including phenoxy) is 1. The molecule has 2 amide bonds. The zero-order valence-corrected chi connectivity index (χ0v) is 16.2. The lowest BCUT2D eigenvalue weighted by molar-refractivity contribution is -0.117. The van der Waals surface area contributed by atoms with Gasteiger partial charge in [0.2, 0.25) is 5.91 Å². The van der Waals surface area contributed by atoms with E-state index in [9.17, 15) is 9.59 Å². The number of anilines is 2. The number of nitrogens with zero attached hydrogens (tertiary/aromatic N) is 1. The third kappa shape index (κ3) is 4.29. The van der Waals surface area contributed by atoms with Gasteiger partial charge in [-0.05, 0) is 61.4 Å². The van der Waals surface area contributed by atoms with Crippen molar-refractivity contribution in [1.82, 2.24) is 0 Å². The van der Waals surface area contributed by atoms with Crippen LogP contribution in [0.4, 0.5) is 11.4 Å². The van der Waals surface area contributed by atoms with Gasteiger partial charge in [-0.15, -0.1) is 0 Å². The van der Waals surface area contributed by atoms with Crippen LogP contribution in [-0.2, 0) is 4.79 Å². The van der Waals surface area contributed by atoms with Crippen molar-refractivity contribution in [2.45, 2.75) is 19.8 Å². The largest absolute Gasteiger partial charge is 0.455 e. The Morgan fingerprint density at radius 1 is 1.00 bits per heavy atom. The molecule has 1 N–H and O–H groups in total. The predicted octanol–water partition coefficient (Wildman–Crippen LogP) is 5.17. The number of carbonyl (C=O) groups is 2. The molecule has 0 unspecified atom stereocenters. The van der Waals surface area contributed by atoms with E-state index in [1.54, 1.807) is 29.2 Å². The smallest absolute Gasteiger partial charge is 0.255 e. The fourth-order valence-corrected chi connectivity index (χ4v) is 3.40. The second-order valence-electron chi connectivity index (χ2n) is 7.07. The minimum Gasteiger partial charge on any atom is -0.455 e. The zero-order valence-electron chi connectivity index (χ0n) is 16.2. The van der Waals surface area contributed by atoms with E-state index in [4.69, 9.17) is 4.74 Å². The molecule has 4 rings (SSSR count). The summed E-state index contributed by atoms with van der Waals surface area (Å²) >= 11 is 0. The average molecular weight is 386 g/mol. The maximum absolute atomic E-state index is 12.9. The summed E-state index contributed by atoms with van der Waals surface area (Å²) in [5, 5.41) is 2.92. The fourth-order valence-electron chi connectivity index (χ4n) is 3.40. The van der Waals surface area contributed by atoms with Crippen LogP contribution in [0.15, 0.2) is 72.8 Å². The molecule has 1 saturated heterocycles. The first-order valence-electron chi connectivity index (χ1n) is 9.65. The highest BCUT2D eigenvalue weighted by Gasteiger charge is 2.22. The molecule has 146 valence electrons. The molecule has 0 aromatic heterocycles. The van der Waals surface area contributed by atoms with Gasteiger partial charge < -0.3 is 15.0 Å². The fraction of sp³-hybridized carbons (Fsp3) is 0.167. The molecule has 0 spiro atoms. The summed E-state index contributed by atoms with van der Waals surface area (Å²) < 4.78 is 5.98. The van der Waals surface area contributed by atoms with Crippen LogP contribution in [0.3, 0.4) is 0 Å². The second-order valence-corrected chi connectivity index (χ2v) is 7.07. The molecule has 0 saturated carbocycles. The van der Waals surface area contributed by atoms with Crippen LogP contribution in [-0.4, -0.2) is 18.4 Å². The van der Waals surface area contributed by atoms with Gasteiger partial charge in [0.05, 0.1) is 5.69 Å². The van der Waals surface area contributed by atoms with Gasteiger partial charge in [0.1, 0.15) is 5.75 Å². The summed E-state index contributed by atoms with van der Waals surface area (Å²) in [6.07, 6.45) is 1.40. The molecule has 1 aliphatic heterocycles. The van der Waals surface area contributed by atoms with E-state index in [1.165, 1.54) is 0 Å². The zero-order chi connectivity index (χ0) is 20.2. The molecule has 5 nitrogen and oxygen atoms in total. The summed E-state index contributed by atoms with van der Waals surface area (Å²) in [6, 6.07) is 22.2. The average Bonchev–Trinajstić information content (AvgIpc) is 3.15. The van der Waals surface area contributed by atoms with Crippen LogP contribution >= 0.6 is 0 Å². The van der Waals surface area contributed by atoms with Gasteiger partial charge in [0, 0.05) is 24.2 Å².